The van der Waals surface area contributed by atoms with Crippen LogP contribution in [0.25, 0.3) is 0 Å². The molecule has 0 radical (unpaired) electrons. The van der Waals surface area contributed by atoms with Crippen LogP contribution in [0.4, 0.5) is 17.1 Å². The molecule has 0 spiro atoms. The average Bonchev–Trinajstić information content (AvgIpc) is 2.46. The first-order valence-electron chi connectivity index (χ1n) is 7.09. The van der Waals surface area contributed by atoms with Gasteiger partial charge in [0.1, 0.15) is 11.4 Å². The largest absolute Gasteiger partial charge is 0.394 e. The molecule has 0 aliphatic carbocycles. The van der Waals surface area contributed by atoms with Crippen LogP contribution in [-0.4, -0.2) is 48.5 Å². The number of ether oxygens (including phenoxy) is 1. The molecule has 7 heteroatoms. The van der Waals surface area contributed by atoms with Crippen LogP contribution in [0.3, 0.4) is 0 Å². The van der Waals surface area contributed by atoms with Crippen molar-refractivity contribution in [3.05, 3.63) is 28.3 Å². The molecule has 1 aliphatic rings. The summed E-state index contributed by atoms with van der Waals surface area (Å²) in [5.74, 6) is 0. The second-order valence-electron chi connectivity index (χ2n) is 5.12. The van der Waals surface area contributed by atoms with E-state index in [1.165, 1.54) is 0 Å². The molecule has 0 aromatic heterocycles. The Labute approximate surface area is 123 Å². The Kier molecular flexibility index (Phi) is 4.98. The Balaban J connectivity index is 2.38. The van der Waals surface area contributed by atoms with Gasteiger partial charge in [0.25, 0.3) is 0 Å². The zero-order valence-electron chi connectivity index (χ0n) is 12.3. The Hall–Kier alpha value is -1.86. The van der Waals surface area contributed by atoms with Gasteiger partial charge in [0, 0.05) is 19.6 Å². The van der Waals surface area contributed by atoms with Crippen LogP contribution in [0.1, 0.15) is 13.8 Å². The highest BCUT2D eigenvalue weighted by molar-refractivity contribution is 5.77. The number of nitrogens with zero attached hydrogens (tertiary/aromatic N) is 2. The van der Waals surface area contributed by atoms with Gasteiger partial charge in [-0.3, -0.25) is 10.1 Å². The maximum Gasteiger partial charge on any atom is 0.315 e. The highest BCUT2D eigenvalue weighted by Gasteiger charge is 2.30. The monoisotopic (exact) mass is 295 g/mol. The number of para-hydroxylation sites is 1. The van der Waals surface area contributed by atoms with Crippen molar-refractivity contribution in [2.24, 2.45) is 0 Å². The zero-order chi connectivity index (χ0) is 15.4. The van der Waals surface area contributed by atoms with E-state index in [4.69, 9.17) is 4.74 Å². The lowest BCUT2D eigenvalue weighted by molar-refractivity contribution is -0.383. The van der Waals surface area contributed by atoms with E-state index in [-0.39, 0.29) is 29.4 Å². The molecule has 0 bridgehead atoms. The Morgan fingerprint density at radius 3 is 2.90 bits per heavy atom. The molecule has 2 atom stereocenters. The summed E-state index contributed by atoms with van der Waals surface area (Å²) < 4.78 is 5.59. The topological polar surface area (TPSA) is 87.9 Å². The van der Waals surface area contributed by atoms with Crippen LogP contribution in [-0.2, 0) is 4.74 Å². The maximum atomic E-state index is 11.5. The van der Waals surface area contributed by atoms with Crippen LogP contribution in [0.2, 0.25) is 0 Å². The third-order valence-corrected chi connectivity index (χ3v) is 3.44. The molecule has 7 nitrogen and oxygen atoms in total. The standard InChI is InChI=1S/C14H21N3O4/c1-3-15-12-5-4-6-13(14(12)17(19)20)16-7-10(2)21-11(8-16)9-18/h4-6,10-11,15,18H,3,7-9H2,1-2H3. The quantitative estimate of drug-likeness (QED) is 0.634. The lowest BCUT2D eigenvalue weighted by atomic mass is 10.1. The Morgan fingerprint density at radius 1 is 1.52 bits per heavy atom. The molecular formula is C14H21N3O4. The van der Waals surface area contributed by atoms with Gasteiger partial charge < -0.3 is 20.1 Å². The van der Waals surface area contributed by atoms with E-state index in [1.54, 1.807) is 18.2 Å². The molecule has 1 aromatic carbocycles. The van der Waals surface area contributed by atoms with Gasteiger partial charge in [-0.2, -0.15) is 0 Å². The minimum Gasteiger partial charge on any atom is -0.394 e. The second kappa shape index (κ2) is 6.73. The molecule has 21 heavy (non-hydrogen) atoms. The first-order valence-corrected chi connectivity index (χ1v) is 7.09. The number of aliphatic hydroxyl groups is 1. The first-order chi connectivity index (χ1) is 10.1. The number of hydrogen-bond donors (Lipinski definition) is 2. The fourth-order valence-corrected chi connectivity index (χ4v) is 2.65. The summed E-state index contributed by atoms with van der Waals surface area (Å²) in [6.45, 7) is 5.32. The van der Waals surface area contributed by atoms with E-state index in [9.17, 15) is 15.2 Å². The fraction of sp³-hybridized carbons (Fsp3) is 0.571. The number of morpholine rings is 1. The van der Waals surface area contributed by atoms with Crippen molar-refractivity contribution in [3.63, 3.8) is 0 Å². The summed E-state index contributed by atoms with van der Waals surface area (Å²) in [5, 5.41) is 23.8. The molecule has 1 fully saturated rings. The van der Waals surface area contributed by atoms with E-state index in [0.29, 0.717) is 31.0 Å². The summed E-state index contributed by atoms with van der Waals surface area (Å²) >= 11 is 0. The van der Waals surface area contributed by atoms with Crippen molar-refractivity contribution in [3.8, 4) is 0 Å². The Morgan fingerprint density at radius 2 is 2.29 bits per heavy atom. The van der Waals surface area contributed by atoms with Crippen LogP contribution in [0, 0.1) is 10.1 Å². The van der Waals surface area contributed by atoms with Gasteiger partial charge in [0.2, 0.25) is 0 Å². The van der Waals surface area contributed by atoms with Crippen molar-refractivity contribution < 1.29 is 14.8 Å². The smallest absolute Gasteiger partial charge is 0.315 e. The number of hydrogen-bond acceptors (Lipinski definition) is 6. The summed E-state index contributed by atoms with van der Waals surface area (Å²) in [4.78, 5) is 13.0. The summed E-state index contributed by atoms with van der Waals surface area (Å²) in [6.07, 6.45) is -0.408. The van der Waals surface area contributed by atoms with Crippen molar-refractivity contribution in [2.45, 2.75) is 26.1 Å². The molecular weight excluding hydrogens is 274 g/mol. The number of nitro groups is 1. The van der Waals surface area contributed by atoms with Crippen LogP contribution in [0.5, 0.6) is 0 Å². The average molecular weight is 295 g/mol. The number of benzene rings is 1. The van der Waals surface area contributed by atoms with Gasteiger partial charge in [-0.05, 0) is 26.0 Å². The van der Waals surface area contributed by atoms with E-state index < -0.39 is 0 Å². The van der Waals surface area contributed by atoms with Crippen molar-refractivity contribution in [1.82, 2.24) is 0 Å². The van der Waals surface area contributed by atoms with Crippen molar-refractivity contribution in [1.29, 1.82) is 0 Å². The van der Waals surface area contributed by atoms with E-state index in [0.717, 1.165) is 0 Å². The van der Waals surface area contributed by atoms with Crippen LogP contribution in [0.15, 0.2) is 18.2 Å². The van der Waals surface area contributed by atoms with Crippen LogP contribution < -0.4 is 10.2 Å². The van der Waals surface area contributed by atoms with Crippen molar-refractivity contribution >= 4 is 17.1 Å². The summed E-state index contributed by atoms with van der Waals surface area (Å²) in [7, 11) is 0. The second-order valence-corrected chi connectivity index (χ2v) is 5.12. The molecule has 2 rings (SSSR count). The number of rotatable bonds is 5. The Bertz CT molecular complexity index is 509. The molecule has 0 saturated carbocycles. The number of aliphatic hydroxyl groups excluding tert-OH is 1. The van der Waals surface area contributed by atoms with Gasteiger partial charge in [0.15, 0.2) is 0 Å². The molecule has 1 aromatic rings. The van der Waals surface area contributed by atoms with E-state index in [1.807, 2.05) is 18.7 Å². The molecule has 1 heterocycles. The van der Waals surface area contributed by atoms with Crippen LogP contribution >= 0.6 is 0 Å². The van der Waals surface area contributed by atoms with E-state index in [2.05, 4.69) is 5.32 Å². The van der Waals surface area contributed by atoms with Crippen molar-refractivity contribution in [2.75, 3.05) is 36.5 Å². The maximum absolute atomic E-state index is 11.5. The third-order valence-electron chi connectivity index (χ3n) is 3.44. The van der Waals surface area contributed by atoms with Gasteiger partial charge in [0.05, 0.1) is 23.7 Å². The number of nitrogens with one attached hydrogen (secondary N) is 1. The van der Waals surface area contributed by atoms with Gasteiger partial charge in [-0.15, -0.1) is 0 Å². The molecule has 1 aliphatic heterocycles. The lowest BCUT2D eigenvalue weighted by Crippen LogP contribution is -2.48. The summed E-state index contributed by atoms with van der Waals surface area (Å²) in [5.41, 5.74) is 1.15. The molecule has 0 amide bonds. The minimum absolute atomic E-state index is 0.0742. The third kappa shape index (κ3) is 3.43. The molecule has 2 N–H and O–H groups in total. The zero-order valence-corrected chi connectivity index (χ0v) is 12.3. The molecule has 116 valence electrons. The highest BCUT2D eigenvalue weighted by atomic mass is 16.6. The summed E-state index contributed by atoms with van der Waals surface area (Å²) in [6, 6.07) is 5.25. The van der Waals surface area contributed by atoms with Gasteiger partial charge in [-0.1, -0.05) is 6.07 Å². The fourth-order valence-electron chi connectivity index (χ4n) is 2.65. The van der Waals surface area contributed by atoms with Gasteiger partial charge >= 0.3 is 5.69 Å². The normalized spacial score (nSPS) is 22.1. The first kappa shape index (κ1) is 15.5. The predicted octanol–water partition coefficient (Wildman–Crippen LogP) is 1.61. The lowest BCUT2D eigenvalue weighted by Gasteiger charge is -2.37. The predicted molar refractivity (Wildman–Crippen MR) is 80.9 cm³/mol. The number of anilines is 2. The number of nitro benzene ring substituents is 1. The van der Waals surface area contributed by atoms with E-state index >= 15 is 0 Å². The minimum atomic E-state index is -0.360. The van der Waals surface area contributed by atoms with Gasteiger partial charge in [-0.25, -0.2) is 0 Å². The molecule has 1 saturated heterocycles. The highest BCUT2D eigenvalue weighted by Crippen LogP contribution is 2.36. The molecule has 2 unspecified atom stereocenters. The SMILES string of the molecule is CCNc1cccc(N2CC(C)OC(CO)C2)c1[N+](=O)[O-].